The number of rotatable bonds is 1. The van der Waals surface area contributed by atoms with Crippen molar-refractivity contribution in [3.8, 4) is 0 Å². The summed E-state index contributed by atoms with van der Waals surface area (Å²) in [6, 6.07) is 4.72. The van der Waals surface area contributed by atoms with Gasteiger partial charge in [-0.25, -0.2) is 4.79 Å². The van der Waals surface area contributed by atoms with Crippen molar-refractivity contribution in [3.05, 3.63) is 28.2 Å². The quantitative estimate of drug-likeness (QED) is 0.484. The molecule has 0 radical (unpaired) electrons. The first-order chi connectivity index (χ1) is 7.92. The number of benzene rings is 1. The average Bonchev–Trinajstić information content (AvgIpc) is 2.24. The Balaban J connectivity index is -0.0000000742. The molecule has 0 unspecified atom stereocenters. The van der Waals surface area contributed by atoms with Crippen LogP contribution in [0.2, 0.25) is 10.0 Å². The number of carbonyl (C=O) groups excluding carboxylic acids is 1. The van der Waals surface area contributed by atoms with E-state index in [1.54, 1.807) is 32.3 Å². The van der Waals surface area contributed by atoms with E-state index in [0.29, 0.717) is 15.7 Å². The van der Waals surface area contributed by atoms with E-state index >= 15 is 0 Å². The molecule has 0 atom stereocenters. The second-order valence-corrected chi connectivity index (χ2v) is 3.86. The first kappa shape index (κ1) is 37.7. The number of halogens is 2. The Hall–Kier alpha value is -0.425. The summed E-state index contributed by atoms with van der Waals surface area (Å²) in [4.78, 5) is 12.7. The van der Waals surface area contributed by atoms with Gasteiger partial charge in [0.15, 0.2) is 0 Å². The van der Waals surface area contributed by atoms with Crippen molar-refractivity contribution in [2.45, 2.75) is 0 Å². The molecule has 0 spiro atoms. The van der Waals surface area contributed by atoms with Crippen LogP contribution >= 0.6 is 23.2 Å². The van der Waals surface area contributed by atoms with E-state index in [-0.39, 0.29) is 57.5 Å². The minimum absolute atomic E-state index is 0. The van der Waals surface area contributed by atoms with Gasteiger partial charge in [0, 0.05) is 19.8 Å². The molecule has 0 aliphatic rings. The van der Waals surface area contributed by atoms with Crippen LogP contribution in [0.4, 0.5) is 10.5 Å². The number of hydrogen-bond donors (Lipinski definition) is 1. The zero-order valence-corrected chi connectivity index (χ0v) is 15.7. The summed E-state index contributed by atoms with van der Waals surface area (Å²) in [6.07, 6.45) is 0. The first-order valence-corrected chi connectivity index (χ1v) is 5.17. The third-order valence-electron chi connectivity index (χ3n) is 1.58. The number of nitrogens with zero attached hydrogens (tertiary/aromatic N) is 1. The molecular formula is C9H18BCl2N2NaO7. The molecule has 1 rings (SSSR count). The summed E-state index contributed by atoms with van der Waals surface area (Å²) in [6.45, 7) is 0. The molecule has 0 saturated heterocycles. The van der Waals surface area contributed by atoms with Gasteiger partial charge in [-0.05, 0) is 18.2 Å². The molecule has 0 saturated carbocycles. The molecule has 13 heteroatoms. The molecule has 0 bridgehead atoms. The number of urea groups is 1. The normalized spacial score (nSPS) is 6.55. The summed E-state index contributed by atoms with van der Waals surface area (Å²) in [5.74, 6) is 0. The fourth-order valence-corrected chi connectivity index (χ4v) is 1.11. The van der Waals surface area contributed by atoms with Gasteiger partial charge >= 0.3 is 52.7 Å². The van der Waals surface area contributed by atoms with E-state index < -0.39 is 7.35 Å². The van der Waals surface area contributed by atoms with Crippen LogP contribution in [0.25, 0.3) is 0 Å². The Bertz CT molecular complexity index is 416. The molecule has 0 aromatic heterocycles. The van der Waals surface area contributed by atoms with Gasteiger partial charge in [-0.1, -0.05) is 23.2 Å². The van der Waals surface area contributed by atoms with Crippen LogP contribution in [0.3, 0.4) is 0 Å². The maximum atomic E-state index is 11.2. The predicted molar refractivity (Wildman–Crippen MR) is 80.1 cm³/mol. The van der Waals surface area contributed by atoms with Crippen LogP contribution in [0.15, 0.2) is 18.2 Å². The van der Waals surface area contributed by atoms with Gasteiger partial charge in [0.25, 0.3) is 0 Å². The molecule has 0 aliphatic heterocycles. The second kappa shape index (κ2) is 20.6. The van der Waals surface area contributed by atoms with E-state index in [0.717, 1.165) is 0 Å². The smallest absolute Gasteiger partial charge is 1.00 e. The van der Waals surface area contributed by atoms with Crippen molar-refractivity contribution >= 4 is 42.3 Å². The second-order valence-electron chi connectivity index (χ2n) is 3.05. The molecule has 9 N–H and O–H groups in total. The Kier molecular flexibility index (Phi) is 35.2. The third-order valence-corrected chi connectivity index (χ3v) is 2.32. The zero-order chi connectivity index (χ0) is 13.4. The molecule has 1 aromatic carbocycles. The predicted octanol–water partition coefficient (Wildman–Crippen LogP) is -4.90. The van der Waals surface area contributed by atoms with E-state index in [4.69, 9.17) is 32.9 Å². The van der Waals surface area contributed by atoms with E-state index in [9.17, 15) is 4.79 Å². The van der Waals surface area contributed by atoms with Crippen LogP contribution < -0.4 is 39.9 Å². The summed E-state index contributed by atoms with van der Waals surface area (Å²) in [5, 5.41) is 11.8. The summed E-state index contributed by atoms with van der Waals surface area (Å²) in [7, 11) is 2.82. The monoisotopic (exact) mass is 370 g/mol. The van der Waals surface area contributed by atoms with Crippen LogP contribution in [-0.2, 0) is 4.70 Å². The zero-order valence-electron chi connectivity index (χ0n) is 12.2. The number of hydrogen-bond acceptors (Lipinski definition) is 3. The van der Waals surface area contributed by atoms with Gasteiger partial charge in [-0.15, -0.1) is 0 Å². The topological polar surface area (TPSA) is 198 Å². The largest absolute Gasteiger partial charge is 1.00 e. The van der Waals surface area contributed by atoms with E-state index in [1.165, 1.54) is 4.90 Å². The van der Waals surface area contributed by atoms with Crippen LogP contribution in [0, 0.1) is 0 Å². The van der Waals surface area contributed by atoms with E-state index in [2.05, 4.69) is 5.32 Å². The molecule has 124 valence electrons. The Morgan fingerprint density at radius 3 is 1.86 bits per heavy atom. The van der Waals surface area contributed by atoms with Gasteiger partial charge in [0.05, 0.1) is 10.0 Å². The fraction of sp³-hybridized carbons (Fsp3) is 0.222. The van der Waals surface area contributed by atoms with Crippen LogP contribution in [0.5, 0.6) is 0 Å². The molecule has 0 aliphatic carbocycles. The van der Waals surface area contributed by atoms with Crippen molar-refractivity contribution in [2.24, 2.45) is 0 Å². The standard InChI is InChI=1S/C9H10Cl2N2O.BO2.Na.4H2O/c1-13(2)9(14)12-6-3-4-7(10)8(11)5-6;2-1-3;;;;;/h3-5H,1-2H3,(H,12,14);;;4*1H2/q;-1;+1;;;;. The molecule has 0 fully saturated rings. The number of carbonyl (C=O) groups is 1. The summed E-state index contributed by atoms with van der Waals surface area (Å²) < 4.78 is 8.25. The molecule has 1 aromatic rings. The van der Waals surface area contributed by atoms with Crippen molar-refractivity contribution in [2.75, 3.05) is 19.4 Å². The Morgan fingerprint density at radius 2 is 1.55 bits per heavy atom. The molecular weight excluding hydrogens is 353 g/mol. The average molecular weight is 371 g/mol. The van der Waals surface area contributed by atoms with Gasteiger partial charge < -0.3 is 32.1 Å². The van der Waals surface area contributed by atoms with Crippen LogP contribution in [0.1, 0.15) is 0 Å². The molecule has 9 nitrogen and oxygen atoms in total. The van der Waals surface area contributed by atoms with Crippen LogP contribution in [-0.4, -0.2) is 54.3 Å². The summed E-state index contributed by atoms with van der Waals surface area (Å²) in [5.41, 5.74) is 0.623. The number of nitrogens with one attached hydrogen (secondary N) is 1. The van der Waals surface area contributed by atoms with Gasteiger partial charge in [-0.2, -0.15) is 0 Å². The van der Waals surface area contributed by atoms with Gasteiger partial charge in [0.2, 0.25) is 0 Å². The maximum Gasteiger partial charge on any atom is 1.00 e. The van der Waals surface area contributed by atoms with Crippen molar-refractivity contribution in [3.63, 3.8) is 0 Å². The molecule has 22 heavy (non-hydrogen) atoms. The number of anilines is 1. The van der Waals surface area contributed by atoms with Gasteiger partial charge in [0.1, 0.15) is 0 Å². The minimum atomic E-state index is -0.500. The van der Waals surface area contributed by atoms with Crippen molar-refractivity contribution < 1.29 is 66.0 Å². The molecule has 2 amide bonds. The Morgan fingerprint density at radius 1 is 1.14 bits per heavy atom. The van der Waals surface area contributed by atoms with Crippen molar-refractivity contribution in [1.82, 2.24) is 4.90 Å². The van der Waals surface area contributed by atoms with Gasteiger partial charge in [-0.3, -0.25) is 0 Å². The Labute approximate surface area is 160 Å². The molecule has 0 heterocycles. The fourth-order valence-electron chi connectivity index (χ4n) is 0.809. The SMILES string of the molecule is CN(C)C(=O)Nc1ccc(Cl)c(Cl)c1.O.O.O.O.O=B[O-].[Na+]. The van der Waals surface area contributed by atoms with Crippen molar-refractivity contribution in [1.29, 1.82) is 0 Å². The summed E-state index contributed by atoms with van der Waals surface area (Å²) >= 11 is 11.5. The number of amides is 2. The maximum absolute atomic E-state index is 11.2. The first-order valence-electron chi connectivity index (χ1n) is 4.41. The third kappa shape index (κ3) is 16.0. The van der Waals surface area contributed by atoms with E-state index in [1.807, 2.05) is 0 Å². The minimum Gasteiger partial charge on any atom is 1.00 e.